The Labute approximate surface area is 163 Å². The molecule has 5 heteroatoms. The second kappa shape index (κ2) is 7.43. The molecular weight excluding hydrogens is 354 g/mol. The van der Waals surface area contributed by atoms with E-state index >= 15 is 0 Å². The smallest absolute Gasteiger partial charge is 0.238 e. The Morgan fingerprint density at radius 2 is 1.68 bits per heavy atom. The van der Waals surface area contributed by atoms with Crippen molar-refractivity contribution in [2.24, 2.45) is 11.8 Å². The number of ether oxygens (including phenoxy) is 1. The summed E-state index contributed by atoms with van der Waals surface area (Å²) in [5.41, 5.74) is 2.30. The number of anilines is 1. The van der Waals surface area contributed by atoms with E-state index in [1.165, 1.54) is 4.90 Å². The number of rotatable bonds is 5. The summed E-state index contributed by atoms with van der Waals surface area (Å²) in [5.74, 6) is -0.363. The van der Waals surface area contributed by atoms with E-state index in [2.05, 4.69) is 6.08 Å². The van der Waals surface area contributed by atoms with Gasteiger partial charge < -0.3 is 4.74 Å². The Morgan fingerprint density at radius 1 is 1.00 bits per heavy atom. The van der Waals surface area contributed by atoms with E-state index < -0.39 is 0 Å². The molecule has 0 bridgehead atoms. The lowest BCUT2D eigenvalue weighted by Crippen LogP contribution is -2.30. The Balaban J connectivity index is 1.43. The topological polar surface area (TPSA) is 63.7 Å². The average Bonchev–Trinajstić information content (AvgIpc) is 2.97. The fourth-order valence-electron chi connectivity index (χ4n) is 3.84. The third-order valence-corrected chi connectivity index (χ3v) is 5.38. The molecule has 1 aliphatic heterocycles. The summed E-state index contributed by atoms with van der Waals surface area (Å²) in [7, 11) is 0. The molecule has 2 aromatic carbocycles. The number of hydrogen-bond donors (Lipinski definition) is 0. The third-order valence-electron chi connectivity index (χ3n) is 5.38. The van der Waals surface area contributed by atoms with Crippen molar-refractivity contribution in [3.8, 4) is 5.75 Å². The van der Waals surface area contributed by atoms with Gasteiger partial charge in [-0.15, -0.1) is 0 Å². The number of Topliss-reactive ketones (excluding diaryl/α,β-unsaturated/α-hetero) is 1. The molecule has 28 heavy (non-hydrogen) atoms. The number of ketones is 1. The molecule has 0 unspecified atom stereocenters. The molecule has 1 fully saturated rings. The number of imide groups is 1. The predicted molar refractivity (Wildman–Crippen MR) is 105 cm³/mol. The second-order valence-corrected chi connectivity index (χ2v) is 7.29. The molecule has 1 heterocycles. The molecule has 0 spiro atoms. The quantitative estimate of drug-likeness (QED) is 0.453. The molecule has 0 radical (unpaired) electrons. The lowest BCUT2D eigenvalue weighted by Gasteiger charge is -2.18. The van der Waals surface area contributed by atoms with E-state index in [-0.39, 0.29) is 36.0 Å². The largest absolute Gasteiger partial charge is 0.485 e. The van der Waals surface area contributed by atoms with Crippen LogP contribution in [0.3, 0.4) is 0 Å². The van der Waals surface area contributed by atoms with Crippen LogP contribution in [-0.2, 0) is 9.59 Å². The lowest BCUT2D eigenvalue weighted by molar-refractivity contribution is -0.122. The Morgan fingerprint density at radius 3 is 2.39 bits per heavy atom. The normalized spacial score (nSPS) is 21.3. The number of fused-ring (bicyclic) bond motifs is 1. The van der Waals surface area contributed by atoms with E-state index in [0.29, 0.717) is 29.8 Å². The number of carbonyl (C=O) groups excluding carboxylic acids is 3. The molecular formula is C23H21NO4. The maximum atomic E-state index is 12.8. The summed E-state index contributed by atoms with van der Waals surface area (Å²) in [6, 6.07) is 15.7. The van der Waals surface area contributed by atoms with Crippen molar-refractivity contribution in [2.75, 3.05) is 11.5 Å². The number of carbonyl (C=O) groups is 3. The number of hydrogen-bond acceptors (Lipinski definition) is 4. The first-order chi connectivity index (χ1) is 13.5. The summed E-state index contributed by atoms with van der Waals surface area (Å²) < 4.78 is 5.56. The van der Waals surface area contributed by atoms with Gasteiger partial charge in [0.1, 0.15) is 5.75 Å². The van der Waals surface area contributed by atoms with E-state index in [4.69, 9.17) is 4.74 Å². The van der Waals surface area contributed by atoms with Crippen LogP contribution in [0.1, 0.15) is 30.1 Å². The van der Waals surface area contributed by atoms with Crippen molar-refractivity contribution in [3.05, 3.63) is 71.8 Å². The maximum Gasteiger partial charge on any atom is 0.238 e. The number of allylic oxidation sites excluding steroid dienone is 2. The monoisotopic (exact) mass is 375 g/mol. The molecule has 2 amide bonds. The standard InChI is InChI=1S/C23H21NO4/c1-15-7-12-19-20(13-15)23(27)24(22(19)26)17-8-10-18(11-9-17)28-14-21(25)16-5-3-2-4-6-16/h2-11,19-20H,12-14H2,1H3/t19-,20-/m0/s1. The molecule has 0 N–H and O–H groups in total. The van der Waals surface area contributed by atoms with Gasteiger partial charge in [0.05, 0.1) is 17.5 Å². The minimum absolute atomic E-state index is 0.0694. The minimum Gasteiger partial charge on any atom is -0.485 e. The lowest BCUT2D eigenvalue weighted by atomic mass is 9.82. The number of nitrogens with zero attached hydrogens (tertiary/aromatic N) is 1. The Hall–Kier alpha value is -3.21. The Bertz CT molecular complexity index is 946. The van der Waals surface area contributed by atoms with Gasteiger partial charge in [-0.2, -0.15) is 0 Å². The number of benzene rings is 2. The van der Waals surface area contributed by atoms with E-state index in [0.717, 1.165) is 5.57 Å². The van der Waals surface area contributed by atoms with Crippen molar-refractivity contribution < 1.29 is 19.1 Å². The van der Waals surface area contributed by atoms with Gasteiger partial charge in [-0.05, 0) is 44.0 Å². The second-order valence-electron chi connectivity index (χ2n) is 7.29. The molecule has 1 aliphatic carbocycles. The maximum absolute atomic E-state index is 12.8. The first-order valence-electron chi connectivity index (χ1n) is 9.39. The van der Waals surface area contributed by atoms with Gasteiger partial charge in [0.25, 0.3) is 0 Å². The Kier molecular flexibility index (Phi) is 4.82. The zero-order valence-corrected chi connectivity index (χ0v) is 15.6. The van der Waals surface area contributed by atoms with Crippen LogP contribution in [0.15, 0.2) is 66.2 Å². The predicted octanol–water partition coefficient (Wildman–Crippen LogP) is 3.79. The molecule has 142 valence electrons. The molecule has 2 atom stereocenters. The minimum atomic E-state index is -0.254. The molecule has 0 saturated carbocycles. The van der Waals surface area contributed by atoms with Gasteiger partial charge >= 0.3 is 0 Å². The van der Waals surface area contributed by atoms with Gasteiger partial charge in [0.15, 0.2) is 12.4 Å². The summed E-state index contributed by atoms with van der Waals surface area (Å²) in [6.45, 7) is 1.93. The van der Waals surface area contributed by atoms with Gasteiger partial charge in [-0.3, -0.25) is 19.3 Å². The third kappa shape index (κ3) is 3.36. The molecule has 2 aliphatic rings. The zero-order chi connectivity index (χ0) is 19.7. The fraction of sp³-hybridized carbons (Fsp3) is 0.261. The SMILES string of the molecule is CC1=CC[C@@H]2C(=O)N(c3ccc(OCC(=O)c4ccccc4)cc3)C(=O)[C@H]2C1. The van der Waals surface area contributed by atoms with Gasteiger partial charge in [-0.25, -0.2) is 0 Å². The van der Waals surface area contributed by atoms with Crippen molar-refractivity contribution >= 4 is 23.3 Å². The van der Waals surface area contributed by atoms with E-state index in [1.807, 2.05) is 13.0 Å². The highest BCUT2D eigenvalue weighted by Crippen LogP contribution is 2.39. The van der Waals surface area contributed by atoms with Gasteiger partial charge in [0.2, 0.25) is 11.8 Å². The summed E-state index contributed by atoms with van der Waals surface area (Å²) in [5, 5.41) is 0. The zero-order valence-electron chi connectivity index (χ0n) is 15.6. The highest BCUT2D eigenvalue weighted by molar-refractivity contribution is 6.22. The molecule has 0 aromatic heterocycles. The highest BCUT2D eigenvalue weighted by Gasteiger charge is 2.48. The highest BCUT2D eigenvalue weighted by atomic mass is 16.5. The van der Waals surface area contributed by atoms with Crippen molar-refractivity contribution in [1.82, 2.24) is 0 Å². The van der Waals surface area contributed by atoms with Crippen molar-refractivity contribution in [2.45, 2.75) is 19.8 Å². The van der Waals surface area contributed by atoms with E-state index in [1.54, 1.807) is 48.5 Å². The van der Waals surface area contributed by atoms with Crippen LogP contribution in [0.5, 0.6) is 5.75 Å². The summed E-state index contributed by atoms with van der Waals surface area (Å²) >= 11 is 0. The van der Waals surface area contributed by atoms with Crippen molar-refractivity contribution in [1.29, 1.82) is 0 Å². The first kappa shape index (κ1) is 18.2. The molecule has 2 aromatic rings. The average molecular weight is 375 g/mol. The first-order valence-corrected chi connectivity index (χ1v) is 9.39. The van der Waals surface area contributed by atoms with Crippen LogP contribution < -0.4 is 9.64 Å². The van der Waals surface area contributed by atoms with Crippen LogP contribution in [0.2, 0.25) is 0 Å². The van der Waals surface area contributed by atoms with Crippen LogP contribution in [0.4, 0.5) is 5.69 Å². The molecule has 5 nitrogen and oxygen atoms in total. The van der Waals surface area contributed by atoms with E-state index in [9.17, 15) is 14.4 Å². The van der Waals surface area contributed by atoms with Crippen molar-refractivity contribution in [3.63, 3.8) is 0 Å². The van der Waals surface area contributed by atoms with Crippen LogP contribution >= 0.6 is 0 Å². The summed E-state index contributed by atoms with van der Waals surface area (Å²) in [6.07, 6.45) is 3.32. The van der Waals surface area contributed by atoms with Gasteiger partial charge in [-0.1, -0.05) is 42.0 Å². The van der Waals surface area contributed by atoms with Crippen LogP contribution in [0.25, 0.3) is 0 Å². The molecule has 1 saturated heterocycles. The summed E-state index contributed by atoms with van der Waals surface area (Å²) in [4.78, 5) is 38.9. The van der Waals surface area contributed by atoms with Crippen LogP contribution in [-0.4, -0.2) is 24.2 Å². The number of amides is 2. The van der Waals surface area contributed by atoms with Gasteiger partial charge in [0, 0.05) is 5.56 Å². The fourth-order valence-corrected chi connectivity index (χ4v) is 3.84. The molecule has 4 rings (SSSR count). The van der Waals surface area contributed by atoms with Crippen LogP contribution in [0, 0.1) is 11.8 Å².